The molecule has 4 rings (SSSR count). The van der Waals surface area contributed by atoms with Crippen LogP contribution in [0.3, 0.4) is 0 Å². The van der Waals surface area contributed by atoms with Crippen LogP contribution in [0.2, 0.25) is 18.1 Å². The number of hydrogen-bond donors (Lipinski definition) is 1. The minimum Gasteiger partial charge on any atom is -0.508 e. The fraction of sp³-hybridized carbons (Fsp3) is 0.667. The van der Waals surface area contributed by atoms with Crippen LogP contribution < -0.4 is 0 Å². The second-order valence-corrected chi connectivity index (χ2v) is 18.9. The van der Waals surface area contributed by atoms with E-state index in [0.717, 1.165) is 38.5 Å². The number of phenolic OH excluding ortho intramolecular Hbond substituents is 1. The number of benzene rings is 2. The third-order valence-corrected chi connectivity index (χ3v) is 14.7. The SMILES string of the molecule is CCCCC[C@@H](CC[C@@H]1[C@H]2Cc3cccc(O)c3C[C@H]2C[C@H]1O[Si](C)(C)C(C)(C)C)OCCOCc1ccccc1. The highest BCUT2D eigenvalue weighted by Crippen LogP contribution is 2.51. The Hall–Kier alpha value is -1.66. The molecule has 0 amide bonds. The average Bonchev–Trinajstić information content (AvgIpc) is 3.25. The number of unbranched alkanes of at least 4 members (excludes halogenated alkanes) is 2. The summed E-state index contributed by atoms with van der Waals surface area (Å²) in [4.78, 5) is 0. The summed E-state index contributed by atoms with van der Waals surface area (Å²) in [5, 5.41) is 10.8. The van der Waals surface area contributed by atoms with E-state index in [9.17, 15) is 5.11 Å². The maximum Gasteiger partial charge on any atom is 0.192 e. The number of rotatable bonds is 15. The number of fused-ring (bicyclic) bond motifs is 2. The van der Waals surface area contributed by atoms with Crippen molar-refractivity contribution in [2.75, 3.05) is 13.2 Å². The maximum atomic E-state index is 10.6. The summed E-state index contributed by atoms with van der Waals surface area (Å²) >= 11 is 0. The molecule has 1 N–H and O–H groups in total. The monoisotopic (exact) mass is 580 g/mol. The van der Waals surface area contributed by atoms with E-state index in [-0.39, 0.29) is 11.1 Å². The topological polar surface area (TPSA) is 47.9 Å². The lowest BCUT2D eigenvalue weighted by molar-refractivity contribution is -0.0125. The van der Waals surface area contributed by atoms with E-state index < -0.39 is 8.32 Å². The highest BCUT2D eigenvalue weighted by molar-refractivity contribution is 6.74. The van der Waals surface area contributed by atoms with Crippen LogP contribution in [0, 0.1) is 17.8 Å². The molecule has 2 aliphatic rings. The predicted octanol–water partition coefficient (Wildman–Crippen LogP) is 9.10. The molecule has 0 bridgehead atoms. The van der Waals surface area contributed by atoms with Crippen LogP contribution in [-0.2, 0) is 33.3 Å². The van der Waals surface area contributed by atoms with Crippen LogP contribution in [-0.4, -0.2) is 38.8 Å². The molecule has 2 aromatic carbocycles. The summed E-state index contributed by atoms with van der Waals surface area (Å²) in [6.45, 7) is 16.0. The molecule has 5 atom stereocenters. The van der Waals surface area contributed by atoms with Gasteiger partial charge in [-0.25, -0.2) is 0 Å². The fourth-order valence-corrected chi connectivity index (χ4v) is 8.21. The van der Waals surface area contributed by atoms with Gasteiger partial charge in [-0.05, 0) is 97.2 Å². The first-order valence-corrected chi connectivity index (χ1v) is 19.2. The molecular weight excluding hydrogens is 524 g/mol. The van der Waals surface area contributed by atoms with Gasteiger partial charge in [0.2, 0.25) is 0 Å². The molecule has 1 fully saturated rings. The molecule has 0 unspecified atom stereocenters. The van der Waals surface area contributed by atoms with Crippen LogP contribution in [0.5, 0.6) is 5.75 Å². The molecule has 0 aliphatic heterocycles. The van der Waals surface area contributed by atoms with Gasteiger partial charge < -0.3 is 19.0 Å². The fourth-order valence-electron chi connectivity index (χ4n) is 6.83. The normalized spacial score (nSPS) is 23.3. The Balaban J connectivity index is 1.41. The summed E-state index contributed by atoms with van der Waals surface area (Å²) in [7, 11) is -1.90. The molecule has 41 heavy (non-hydrogen) atoms. The van der Waals surface area contributed by atoms with Crippen molar-refractivity contribution in [3.63, 3.8) is 0 Å². The molecule has 0 radical (unpaired) electrons. The molecule has 2 aliphatic carbocycles. The molecule has 4 nitrogen and oxygen atoms in total. The van der Waals surface area contributed by atoms with Crippen molar-refractivity contribution in [1.29, 1.82) is 0 Å². The molecule has 228 valence electrons. The van der Waals surface area contributed by atoms with E-state index in [1.54, 1.807) is 0 Å². The molecule has 0 heterocycles. The van der Waals surface area contributed by atoms with Gasteiger partial charge in [-0.3, -0.25) is 0 Å². The van der Waals surface area contributed by atoms with Gasteiger partial charge in [0.25, 0.3) is 0 Å². The lowest BCUT2D eigenvalue weighted by atomic mass is 9.73. The zero-order valence-corrected chi connectivity index (χ0v) is 27.7. The zero-order valence-electron chi connectivity index (χ0n) is 26.7. The van der Waals surface area contributed by atoms with Gasteiger partial charge in [0.15, 0.2) is 8.32 Å². The minimum absolute atomic E-state index is 0.193. The van der Waals surface area contributed by atoms with E-state index in [4.69, 9.17) is 13.9 Å². The average molecular weight is 581 g/mol. The Morgan fingerprint density at radius 2 is 1.73 bits per heavy atom. The molecule has 5 heteroatoms. The third-order valence-electron chi connectivity index (χ3n) is 10.2. The van der Waals surface area contributed by atoms with E-state index in [1.165, 1.54) is 36.0 Å². The summed E-state index contributed by atoms with van der Waals surface area (Å²) in [6, 6.07) is 16.5. The van der Waals surface area contributed by atoms with Gasteiger partial charge >= 0.3 is 0 Å². The maximum absolute atomic E-state index is 10.6. The van der Waals surface area contributed by atoms with Gasteiger partial charge in [-0.15, -0.1) is 0 Å². The standard InChI is InChI=1S/C36H56O4Si/c1-7-8-10-17-30(39-22-21-38-26-27-14-11-9-12-15-27)19-20-31-32-23-28-16-13-18-34(37)33(28)24-29(32)25-35(31)40-41(5,6)36(2,3)4/h9,11-16,18,29-32,35,37H,7-8,10,17,19-26H2,1-6H3/t29-,30-,31+,32-,35+/m0/s1. The van der Waals surface area contributed by atoms with Gasteiger partial charge in [0.1, 0.15) is 5.75 Å². The number of phenols is 1. The Labute approximate surface area is 251 Å². The van der Waals surface area contributed by atoms with Gasteiger partial charge in [0, 0.05) is 6.10 Å². The number of ether oxygens (including phenoxy) is 2. The first-order valence-electron chi connectivity index (χ1n) is 16.3. The van der Waals surface area contributed by atoms with Crippen molar-refractivity contribution < 1.29 is 19.0 Å². The molecule has 1 saturated carbocycles. The Morgan fingerprint density at radius 3 is 2.46 bits per heavy atom. The van der Waals surface area contributed by atoms with Crippen molar-refractivity contribution in [2.45, 2.75) is 122 Å². The first kappa shape index (κ1) is 32.3. The largest absolute Gasteiger partial charge is 0.508 e. The summed E-state index contributed by atoms with van der Waals surface area (Å²) < 4.78 is 19.6. The Bertz CT molecular complexity index is 1060. The van der Waals surface area contributed by atoms with Crippen LogP contribution in [0.25, 0.3) is 0 Å². The second kappa shape index (κ2) is 14.7. The summed E-state index contributed by atoms with van der Waals surface area (Å²) in [5.41, 5.74) is 3.73. The Kier molecular flexibility index (Phi) is 11.5. The summed E-state index contributed by atoms with van der Waals surface area (Å²) in [5.74, 6) is 2.22. The van der Waals surface area contributed by atoms with Gasteiger partial charge in [0.05, 0.1) is 25.9 Å². The highest BCUT2D eigenvalue weighted by Gasteiger charge is 2.49. The van der Waals surface area contributed by atoms with Gasteiger partial charge in [-0.2, -0.15) is 0 Å². The van der Waals surface area contributed by atoms with E-state index >= 15 is 0 Å². The molecule has 2 aromatic rings. The van der Waals surface area contributed by atoms with Crippen LogP contribution in [0.4, 0.5) is 0 Å². The van der Waals surface area contributed by atoms with Crippen molar-refractivity contribution >= 4 is 8.32 Å². The van der Waals surface area contributed by atoms with Crippen LogP contribution in [0.15, 0.2) is 48.5 Å². The van der Waals surface area contributed by atoms with Crippen LogP contribution in [0.1, 0.15) is 89.3 Å². The minimum atomic E-state index is -1.90. The van der Waals surface area contributed by atoms with Crippen LogP contribution >= 0.6 is 0 Å². The third kappa shape index (κ3) is 8.69. The van der Waals surface area contributed by atoms with Crippen molar-refractivity contribution in [3.05, 3.63) is 65.2 Å². The number of hydrogen-bond acceptors (Lipinski definition) is 4. The molecular formula is C36H56O4Si. The van der Waals surface area contributed by atoms with Crippen molar-refractivity contribution in [1.82, 2.24) is 0 Å². The predicted molar refractivity (Wildman–Crippen MR) is 172 cm³/mol. The molecule has 0 spiro atoms. The number of aromatic hydroxyl groups is 1. The quantitative estimate of drug-likeness (QED) is 0.169. The molecule has 0 aromatic heterocycles. The van der Waals surface area contributed by atoms with Crippen molar-refractivity contribution in [2.24, 2.45) is 17.8 Å². The smallest absolute Gasteiger partial charge is 0.192 e. The lowest BCUT2D eigenvalue weighted by Gasteiger charge is -2.40. The first-order chi connectivity index (χ1) is 19.6. The van der Waals surface area contributed by atoms with E-state index in [1.807, 2.05) is 18.2 Å². The van der Waals surface area contributed by atoms with Crippen molar-refractivity contribution in [3.8, 4) is 5.75 Å². The molecule has 0 saturated heterocycles. The highest BCUT2D eigenvalue weighted by atomic mass is 28.4. The lowest BCUT2D eigenvalue weighted by Crippen LogP contribution is -2.45. The van der Waals surface area contributed by atoms with E-state index in [0.29, 0.717) is 49.4 Å². The van der Waals surface area contributed by atoms with Gasteiger partial charge in [-0.1, -0.05) is 89.4 Å². The zero-order chi connectivity index (χ0) is 29.5. The Morgan fingerprint density at radius 1 is 0.951 bits per heavy atom. The summed E-state index contributed by atoms with van der Waals surface area (Å²) in [6.07, 6.45) is 10.8. The second-order valence-electron chi connectivity index (χ2n) is 14.2. The van der Waals surface area contributed by atoms with E-state index in [2.05, 4.69) is 71.1 Å².